The van der Waals surface area contributed by atoms with Gasteiger partial charge in [-0.05, 0) is 23.3 Å². The highest BCUT2D eigenvalue weighted by atomic mass is 79.9. The molecule has 0 radical (unpaired) electrons. The van der Waals surface area contributed by atoms with Crippen LogP contribution in [-0.4, -0.2) is 29.2 Å². The molecule has 1 aliphatic heterocycles. The Labute approximate surface area is 176 Å². The summed E-state index contributed by atoms with van der Waals surface area (Å²) < 4.78 is 0.844. The van der Waals surface area contributed by atoms with Crippen molar-refractivity contribution in [2.24, 2.45) is 0 Å². The Kier molecular flexibility index (Phi) is 5.03. The number of nitrogens with one attached hydrogen (secondary N) is 1. The van der Waals surface area contributed by atoms with Crippen molar-refractivity contribution in [3.8, 4) is 0 Å². The van der Waals surface area contributed by atoms with Crippen molar-refractivity contribution < 1.29 is 14.4 Å². The van der Waals surface area contributed by atoms with Gasteiger partial charge in [-0.25, -0.2) is 4.79 Å². The number of carbonyl (C=O) groups excluding carboxylic acids is 3. The summed E-state index contributed by atoms with van der Waals surface area (Å²) in [7, 11) is 0. The van der Waals surface area contributed by atoms with Crippen LogP contribution in [0, 0.1) is 0 Å². The van der Waals surface area contributed by atoms with Gasteiger partial charge in [0.05, 0.1) is 6.54 Å². The van der Waals surface area contributed by atoms with Gasteiger partial charge in [0, 0.05) is 10.0 Å². The number of ketones is 1. The molecule has 3 amide bonds. The van der Waals surface area contributed by atoms with E-state index in [9.17, 15) is 14.4 Å². The molecule has 1 N–H and O–H groups in total. The number of hydrogen-bond acceptors (Lipinski definition) is 3. The first kappa shape index (κ1) is 19.1. The van der Waals surface area contributed by atoms with E-state index in [0.29, 0.717) is 16.7 Å². The predicted octanol–water partition coefficient (Wildman–Crippen LogP) is 4.13. The van der Waals surface area contributed by atoms with E-state index in [4.69, 9.17) is 0 Å². The number of amides is 3. The summed E-state index contributed by atoms with van der Waals surface area (Å²) in [6, 6.07) is 24.4. The monoisotopic (exact) mass is 448 g/mol. The fourth-order valence-electron chi connectivity index (χ4n) is 3.52. The molecule has 0 saturated carbocycles. The van der Waals surface area contributed by atoms with E-state index < -0.39 is 17.5 Å². The molecule has 1 fully saturated rings. The summed E-state index contributed by atoms with van der Waals surface area (Å²) in [4.78, 5) is 40.0. The third-order valence-corrected chi connectivity index (χ3v) is 5.52. The van der Waals surface area contributed by atoms with Gasteiger partial charge in [0.25, 0.3) is 5.91 Å². The number of halogens is 1. The number of carbonyl (C=O) groups is 3. The van der Waals surface area contributed by atoms with Crippen molar-refractivity contribution in [3.63, 3.8) is 0 Å². The molecular weight excluding hydrogens is 432 g/mol. The van der Waals surface area contributed by atoms with E-state index in [2.05, 4.69) is 21.2 Å². The Morgan fingerprint density at radius 2 is 1.34 bits per heavy atom. The first-order valence-corrected chi connectivity index (χ1v) is 9.85. The van der Waals surface area contributed by atoms with Crippen LogP contribution in [-0.2, 0) is 10.3 Å². The summed E-state index contributed by atoms with van der Waals surface area (Å²) in [6.45, 7) is -0.326. The highest BCUT2D eigenvalue weighted by Crippen LogP contribution is 2.36. The third kappa shape index (κ3) is 3.36. The minimum absolute atomic E-state index is 0.307. The van der Waals surface area contributed by atoms with Crippen LogP contribution < -0.4 is 5.32 Å². The Morgan fingerprint density at radius 1 is 0.828 bits per heavy atom. The molecule has 0 bridgehead atoms. The lowest BCUT2D eigenvalue weighted by Crippen LogP contribution is -2.45. The lowest BCUT2D eigenvalue weighted by molar-refractivity contribution is -0.129. The highest BCUT2D eigenvalue weighted by Gasteiger charge is 2.53. The van der Waals surface area contributed by atoms with Gasteiger partial charge in [-0.1, -0.05) is 88.7 Å². The van der Waals surface area contributed by atoms with Gasteiger partial charge >= 0.3 is 6.03 Å². The Bertz CT molecular complexity index is 1030. The lowest BCUT2D eigenvalue weighted by Gasteiger charge is -2.28. The minimum Gasteiger partial charge on any atom is -0.315 e. The molecule has 29 heavy (non-hydrogen) atoms. The van der Waals surface area contributed by atoms with Crippen molar-refractivity contribution in [2.75, 3.05) is 6.54 Å². The maximum Gasteiger partial charge on any atom is 0.325 e. The second-order valence-electron chi connectivity index (χ2n) is 6.73. The van der Waals surface area contributed by atoms with Crippen LogP contribution in [0.3, 0.4) is 0 Å². The van der Waals surface area contributed by atoms with E-state index in [1.165, 1.54) is 0 Å². The van der Waals surface area contributed by atoms with E-state index in [1.54, 1.807) is 48.5 Å². The van der Waals surface area contributed by atoms with Gasteiger partial charge in [0.2, 0.25) is 0 Å². The van der Waals surface area contributed by atoms with Crippen LogP contribution in [0.4, 0.5) is 4.79 Å². The predicted molar refractivity (Wildman–Crippen MR) is 112 cm³/mol. The fraction of sp³-hybridized carbons (Fsp3) is 0.0870. The van der Waals surface area contributed by atoms with E-state index in [-0.39, 0.29) is 12.3 Å². The molecule has 0 atom stereocenters. The quantitative estimate of drug-likeness (QED) is 0.471. The van der Waals surface area contributed by atoms with Crippen LogP contribution in [0.5, 0.6) is 0 Å². The molecular formula is C23H17BrN2O3. The van der Waals surface area contributed by atoms with Crippen molar-refractivity contribution in [1.82, 2.24) is 10.2 Å². The van der Waals surface area contributed by atoms with E-state index in [1.807, 2.05) is 36.4 Å². The van der Waals surface area contributed by atoms with Crippen molar-refractivity contribution >= 4 is 33.7 Å². The van der Waals surface area contributed by atoms with E-state index >= 15 is 0 Å². The van der Waals surface area contributed by atoms with Gasteiger partial charge in [-0.3, -0.25) is 14.5 Å². The number of Topliss-reactive ketones (excluding diaryl/α,β-unsaturated/α-hetero) is 1. The fourth-order valence-corrected chi connectivity index (χ4v) is 3.79. The topological polar surface area (TPSA) is 66.5 Å². The third-order valence-electron chi connectivity index (χ3n) is 4.99. The molecule has 1 saturated heterocycles. The Morgan fingerprint density at radius 3 is 1.86 bits per heavy atom. The number of imide groups is 1. The normalized spacial score (nSPS) is 15.3. The zero-order valence-electron chi connectivity index (χ0n) is 15.3. The summed E-state index contributed by atoms with van der Waals surface area (Å²) in [5.41, 5.74) is 0.358. The number of rotatable bonds is 5. The number of urea groups is 1. The molecule has 3 aromatic rings. The molecule has 4 rings (SSSR count). The largest absolute Gasteiger partial charge is 0.325 e. The first-order valence-electron chi connectivity index (χ1n) is 9.06. The van der Waals surface area contributed by atoms with Crippen LogP contribution in [0.2, 0.25) is 0 Å². The van der Waals surface area contributed by atoms with Crippen molar-refractivity contribution in [3.05, 3.63) is 106 Å². The summed E-state index contributed by atoms with van der Waals surface area (Å²) in [5, 5.41) is 2.84. The Hall–Kier alpha value is -3.25. The second kappa shape index (κ2) is 7.64. The maximum absolute atomic E-state index is 13.5. The van der Waals surface area contributed by atoms with Gasteiger partial charge in [0.15, 0.2) is 11.3 Å². The molecule has 144 valence electrons. The molecule has 1 aliphatic rings. The SMILES string of the molecule is O=C(CN1C(=O)NC(c2ccccc2)(c2ccccc2)C1=O)c1ccc(Br)cc1. The average molecular weight is 449 g/mol. The standard InChI is InChI=1S/C23H17BrN2O3/c24-19-13-11-16(12-14-19)20(27)15-26-21(28)23(25-22(26)29,17-7-3-1-4-8-17)18-9-5-2-6-10-18/h1-14H,15H2,(H,25,29). The van der Waals surface area contributed by atoms with Crippen LogP contribution >= 0.6 is 15.9 Å². The Balaban J connectivity index is 1.72. The highest BCUT2D eigenvalue weighted by molar-refractivity contribution is 9.10. The van der Waals surface area contributed by atoms with Gasteiger partial charge in [-0.2, -0.15) is 0 Å². The molecule has 0 spiro atoms. The average Bonchev–Trinajstić information content (AvgIpc) is 3.01. The zero-order valence-corrected chi connectivity index (χ0v) is 16.9. The number of benzene rings is 3. The molecule has 3 aromatic carbocycles. The first-order chi connectivity index (χ1) is 14.0. The summed E-state index contributed by atoms with van der Waals surface area (Å²) in [6.07, 6.45) is 0. The van der Waals surface area contributed by atoms with Crippen molar-refractivity contribution in [1.29, 1.82) is 0 Å². The van der Waals surface area contributed by atoms with Crippen LogP contribution in [0.25, 0.3) is 0 Å². The molecule has 1 heterocycles. The molecule has 0 aromatic heterocycles. The maximum atomic E-state index is 13.5. The number of nitrogens with zero attached hydrogens (tertiary/aromatic N) is 1. The summed E-state index contributed by atoms with van der Waals surface area (Å²) in [5.74, 6) is -0.775. The number of hydrogen-bond donors (Lipinski definition) is 1. The smallest absolute Gasteiger partial charge is 0.315 e. The van der Waals surface area contributed by atoms with Crippen LogP contribution in [0.1, 0.15) is 21.5 Å². The van der Waals surface area contributed by atoms with Crippen LogP contribution in [0.15, 0.2) is 89.4 Å². The van der Waals surface area contributed by atoms with Crippen molar-refractivity contribution in [2.45, 2.75) is 5.54 Å². The summed E-state index contributed by atoms with van der Waals surface area (Å²) >= 11 is 3.33. The molecule has 0 unspecified atom stereocenters. The van der Waals surface area contributed by atoms with Gasteiger partial charge in [-0.15, -0.1) is 0 Å². The molecule has 5 nitrogen and oxygen atoms in total. The van der Waals surface area contributed by atoms with Gasteiger partial charge in [0.1, 0.15) is 0 Å². The lowest BCUT2D eigenvalue weighted by atomic mass is 9.82. The second-order valence-corrected chi connectivity index (χ2v) is 7.65. The molecule has 0 aliphatic carbocycles. The minimum atomic E-state index is -1.36. The zero-order chi connectivity index (χ0) is 20.4. The van der Waals surface area contributed by atoms with Gasteiger partial charge < -0.3 is 5.32 Å². The van der Waals surface area contributed by atoms with E-state index in [0.717, 1.165) is 9.37 Å². The molecule has 6 heteroatoms.